The Hall–Kier alpha value is -0.0900. The lowest BCUT2D eigenvalue weighted by Gasteiger charge is -2.12. The summed E-state index contributed by atoms with van der Waals surface area (Å²) in [5, 5.41) is 11.3. The number of hydrogen-bond acceptors (Lipinski definition) is 2. The highest BCUT2D eigenvalue weighted by Crippen LogP contribution is 2.03. The fraction of sp³-hybridized carbons (Fsp3) is 0.857. The summed E-state index contributed by atoms with van der Waals surface area (Å²) in [6, 6.07) is -0.158. The molecule has 0 aliphatic rings. The number of alkyl halides is 1. The summed E-state index contributed by atoms with van der Waals surface area (Å²) < 4.78 is 0. The topological polar surface area (TPSA) is 49.3 Å². The van der Waals surface area contributed by atoms with Crippen molar-refractivity contribution >= 4 is 21.8 Å². The first kappa shape index (κ1) is 10.9. The monoisotopic (exact) mass is 223 g/mol. The number of rotatable bonds is 4. The van der Waals surface area contributed by atoms with Gasteiger partial charge in [-0.3, -0.25) is 4.79 Å². The van der Waals surface area contributed by atoms with Crippen molar-refractivity contribution in [1.29, 1.82) is 0 Å². The molecule has 1 unspecified atom stereocenters. The van der Waals surface area contributed by atoms with Crippen LogP contribution in [-0.4, -0.2) is 28.5 Å². The van der Waals surface area contributed by atoms with Gasteiger partial charge in [0.1, 0.15) is 0 Å². The molecule has 11 heavy (non-hydrogen) atoms. The third kappa shape index (κ3) is 4.37. The van der Waals surface area contributed by atoms with Gasteiger partial charge >= 0.3 is 0 Å². The van der Waals surface area contributed by atoms with Crippen LogP contribution in [0, 0.1) is 0 Å². The summed E-state index contributed by atoms with van der Waals surface area (Å²) in [6.07, 6.45) is 0.754. The molecule has 0 saturated carbocycles. The molecule has 0 radical (unpaired) electrons. The molecule has 3 nitrogen and oxygen atoms in total. The van der Waals surface area contributed by atoms with E-state index >= 15 is 0 Å². The molecule has 0 heterocycles. The lowest BCUT2D eigenvalue weighted by Crippen LogP contribution is -2.39. The number of amides is 1. The quantitative estimate of drug-likeness (QED) is 0.689. The number of halogens is 1. The highest BCUT2D eigenvalue weighted by molar-refractivity contribution is 9.10. The maximum atomic E-state index is 11.1. The van der Waals surface area contributed by atoms with E-state index in [4.69, 9.17) is 5.11 Å². The normalized spacial score (nSPS) is 15.6. The zero-order valence-corrected chi connectivity index (χ0v) is 8.39. The second kappa shape index (κ2) is 5.55. The Kier molecular flexibility index (Phi) is 5.50. The number of aliphatic hydroxyl groups excluding tert-OH is 1. The lowest BCUT2D eigenvalue weighted by atomic mass is 10.3. The van der Waals surface area contributed by atoms with Crippen molar-refractivity contribution in [3.05, 3.63) is 0 Å². The second-order valence-electron chi connectivity index (χ2n) is 2.47. The molecular weight excluding hydrogens is 210 g/mol. The van der Waals surface area contributed by atoms with E-state index in [0.29, 0.717) is 0 Å². The Bertz CT molecular complexity index is 130. The van der Waals surface area contributed by atoms with E-state index in [2.05, 4.69) is 21.2 Å². The van der Waals surface area contributed by atoms with Crippen molar-refractivity contribution < 1.29 is 9.90 Å². The van der Waals surface area contributed by atoms with Gasteiger partial charge in [0, 0.05) is 6.04 Å². The largest absolute Gasteiger partial charge is 0.394 e. The van der Waals surface area contributed by atoms with E-state index in [9.17, 15) is 4.79 Å². The maximum Gasteiger partial charge on any atom is 0.234 e. The third-order valence-corrected chi connectivity index (χ3v) is 2.37. The molecule has 4 heteroatoms. The Morgan fingerprint density at radius 1 is 1.73 bits per heavy atom. The molecule has 0 aromatic rings. The van der Waals surface area contributed by atoms with Crippen LogP contribution in [0.2, 0.25) is 0 Å². The van der Waals surface area contributed by atoms with E-state index in [-0.39, 0.29) is 23.4 Å². The van der Waals surface area contributed by atoms with Crippen LogP contribution in [0.3, 0.4) is 0 Å². The van der Waals surface area contributed by atoms with Crippen LogP contribution in [0.4, 0.5) is 0 Å². The van der Waals surface area contributed by atoms with Crippen LogP contribution < -0.4 is 5.32 Å². The Morgan fingerprint density at radius 3 is 2.64 bits per heavy atom. The van der Waals surface area contributed by atoms with E-state index in [0.717, 1.165) is 6.42 Å². The minimum Gasteiger partial charge on any atom is -0.394 e. The zero-order valence-electron chi connectivity index (χ0n) is 6.80. The van der Waals surface area contributed by atoms with E-state index in [1.807, 2.05) is 6.92 Å². The van der Waals surface area contributed by atoms with Crippen LogP contribution >= 0.6 is 15.9 Å². The standard InChI is InChI=1S/C7H14BrNO2/c1-3-6(8)7(11)9-5(2)4-10/h5-6,10H,3-4H2,1-2H3,(H,9,11)/t5-,6?/m1/s1. The zero-order chi connectivity index (χ0) is 8.85. The van der Waals surface area contributed by atoms with Gasteiger partial charge in [0.2, 0.25) is 5.91 Å². The molecule has 0 rings (SSSR count). The Labute approximate surface area is 75.3 Å². The van der Waals surface area contributed by atoms with Gasteiger partial charge in [0.25, 0.3) is 0 Å². The van der Waals surface area contributed by atoms with Crippen molar-refractivity contribution in [2.24, 2.45) is 0 Å². The average Bonchev–Trinajstić information content (AvgIpc) is 2.02. The molecule has 0 saturated heterocycles. The average molecular weight is 224 g/mol. The molecule has 0 spiro atoms. The summed E-state index contributed by atoms with van der Waals surface area (Å²) in [5.41, 5.74) is 0. The number of aliphatic hydroxyl groups is 1. The molecule has 0 aromatic heterocycles. The number of carbonyl (C=O) groups is 1. The Morgan fingerprint density at radius 2 is 2.27 bits per heavy atom. The van der Waals surface area contributed by atoms with Gasteiger partial charge in [0.05, 0.1) is 11.4 Å². The molecule has 0 aromatic carbocycles. The molecule has 1 amide bonds. The molecule has 0 aliphatic carbocycles. The van der Waals surface area contributed by atoms with Crippen molar-refractivity contribution in [3.63, 3.8) is 0 Å². The van der Waals surface area contributed by atoms with Gasteiger partial charge in [-0.25, -0.2) is 0 Å². The lowest BCUT2D eigenvalue weighted by molar-refractivity contribution is -0.121. The maximum absolute atomic E-state index is 11.1. The minimum atomic E-state index is -0.158. The third-order valence-electron chi connectivity index (χ3n) is 1.31. The molecule has 2 N–H and O–H groups in total. The van der Waals surface area contributed by atoms with Gasteiger partial charge in [0.15, 0.2) is 0 Å². The van der Waals surface area contributed by atoms with Gasteiger partial charge in [-0.2, -0.15) is 0 Å². The first-order valence-corrected chi connectivity index (χ1v) is 4.58. The van der Waals surface area contributed by atoms with E-state index in [1.54, 1.807) is 6.92 Å². The van der Waals surface area contributed by atoms with E-state index in [1.165, 1.54) is 0 Å². The fourth-order valence-corrected chi connectivity index (χ4v) is 0.696. The number of hydrogen-bond donors (Lipinski definition) is 2. The number of nitrogens with one attached hydrogen (secondary N) is 1. The highest BCUT2D eigenvalue weighted by atomic mass is 79.9. The van der Waals surface area contributed by atoms with Crippen LogP contribution in [-0.2, 0) is 4.79 Å². The summed E-state index contributed by atoms with van der Waals surface area (Å²) in [5.74, 6) is -0.0611. The molecule has 0 fully saturated rings. The van der Waals surface area contributed by atoms with Crippen LogP contribution in [0.5, 0.6) is 0 Å². The predicted molar refractivity (Wildman–Crippen MR) is 47.7 cm³/mol. The van der Waals surface area contributed by atoms with Crippen molar-refractivity contribution in [3.8, 4) is 0 Å². The summed E-state index contributed by atoms with van der Waals surface area (Å²) >= 11 is 3.21. The first-order chi connectivity index (χ1) is 5.11. The predicted octanol–water partition coefficient (Wildman–Crippen LogP) is 0.657. The molecule has 0 aliphatic heterocycles. The smallest absolute Gasteiger partial charge is 0.234 e. The van der Waals surface area contributed by atoms with E-state index < -0.39 is 0 Å². The summed E-state index contributed by atoms with van der Waals surface area (Å²) in [7, 11) is 0. The Balaban J connectivity index is 3.68. The molecule has 0 bridgehead atoms. The van der Waals surface area contributed by atoms with Crippen molar-refractivity contribution in [2.45, 2.75) is 31.1 Å². The van der Waals surface area contributed by atoms with Gasteiger partial charge < -0.3 is 10.4 Å². The minimum absolute atomic E-state index is 0.0187. The van der Waals surface area contributed by atoms with Crippen LogP contribution in [0.1, 0.15) is 20.3 Å². The second-order valence-corrected chi connectivity index (χ2v) is 3.57. The highest BCUT2D eigenvalue weighted by Gasteiger charge is 2.13. The summed E-state index contributed by atoms with van der Waals surface area (Å²) in [4.78, 5) is 10.9. The number of carbonyl (C=O) groups excluding carboxylic acids is 1. The van der Waals surface area contributed by atoms with Gasteiger partial charge in [-0.15, -0.1) is 0 Å². The van der Waals surface area contributed by atoms with Crippen molar-refractivity contribution in [1.82, 2.24) is 5.32 Å². The van der Waals surface area contributed by atoms with Crippen LogP contribution in [0.25, 0.3) is 0 Å². The first-order valence-electron chi connectivity index (χ1n) is 3.67. The molecular formula is C7H14BrNO2. The molecule has 2 atom stereocenters. The summed E-state index contributed by atoms with van der Waals surface area (Å²) in [6.45, 7) is 3.66. The van der Waals surface area contributed by atoms with Gasteiger partial charge in [-0.05, 0) is 13.3 Å². The van der Waals surface area contributed by atoms with Gasteiger partial charge in [-0.1, -0.05) is 22.9 Å². The molecule has 66 valence electrons. The fourth-order valence-electron chi connectivity index (χ4n) is 0.564. The van der Waals surface area contributed by atoms with Crippen molar-refractivity contribution in [2.75, 3.05) is 6.61 Å². The SMILES string of the molecule is CCC(Br)C(=O)N[C@H](C)CO. The van der Waals surface area contributed by atoms with Crippen LogP contribution in [0.15, 0.2) is 0 Å².